The lowest BCUT2D eigenvalue weighted by atomic mass is 9.86. The molecule has 1 aliphatic heterocycles. The van der Waals surface area contributed by atoms with E-state index in [2.05, 4.69) is 48.5 Å². The molecule has 1 fully saturated rings. The minimum atomic E-state index is -4.08. The topological polar surface area (TPSA) is 3.24 Å². The summed E-state index contributed by atoms with van der Waals surface area (Å²) in [4.78, 5) is 1.89. The summed E-state index contributed by atoms with van der Waals surface area (Å²) in [5.41, 5.74) is 8.40. The summed E-state index contributed by atoms with van der Waals surface area (Å²) in [7, 11) is 0. The predicted octanol–water partition coefficient (Wildman–Crippen LogP) is 8.72. The van der Waals surface area contributed by atoms with E-state index in [0.717, 1.165) is 49.9 Å². The number of hydrogen-bond donors (Lipinski definition) is 0. The maximum Gasteiger partial charge on any atom is 0.390 e. The molecule has 3 aromatic carbocycles. The van der Waals surface area contributed by atoms with Gasteiger partial charge in [-0.25, -0.2) is 0 Å². The number of rotatable bonds is 6. The van der Waals surface area contributed by atoms with Gasteiger partial charge in [-0.2, -0.15) is 13.2 Å². The fraction of sp³-hybridized carbons (Fsp3) is 0.333. The second kappa shape index (κ2) is 10.6. The highest BCUT2D eigenvalue weighted by Crippen LogP contribution is 2.42. The van der Waals surface area contributed by atoms with E-state index in [0.29, 0.717) is 16.0 Å². The van der Waals surface area contributed by atoms with E-state index in [1.54, 1.807) is 6.07 Å². The average molecular weight is 530 g/mol. The summed E-state index contributed by atoms with van der Waals surface area (Å²) in [6, 6.07) is 23.0. The lowest BCUT2D eigenvalue weighted by molar-refractivity contribution is -0.141. The van der Waals surface area contributed by atoms with Gasteiger partial charge in [-0.3, -0.25) is 0 Å². The van der Waals surface area contributed by atoms with Crippen molar-refractivity contribution in [2.75, 3.05) is 19.6 Å². The maximum absolute atomic E-state index is 12.5. The molecular weight excluding hydrogens is 502 g/mol. The molecule has 1 saturated heterocycles. The molecule has 188 valence electrons. The molecule has 0 aromatic heterocycles. The number of nitrogens with zero attached hydrogens (tertiary/aromatic N) is 1. The van der Waals surface area contributed by atoms with Gasteiger partial charge in [0.15, 0.2) is 0 Å². The Morgan fingerprint density at radius 1 is 0.861 bits per heavy atom. The third-order valence-corrected chi connectivity index (χ3v) is 7.78. The third-order valence-electron chi connectivity index (χ3n) is 7.23. The molecule has 0 saturated carbocycles. The molecule has 6 heteroatoms. The molecule has 0 radical (unpaired) electrons. The predicted molar refractivity (Wildman–Crippen MR) is 143 cm³/mol. The highest BCUT2D eigenvalue weighted by atomic mass is 35.5. The Hall–Kier alpha value is -2.27. The molecule has 5 rings (SSSR count). The number of hydrogen-bond acceptors (Lipinski definition) is 1. The van der Waals surface area contributed by atoms with Crippen LogP contribution in [0.1, 0.15) is 47.1 Å². The van der Waals surface area contributed by atoms with Gasteiger partial charge in [-0.15, -0.1) is 0 Å². The molecule has 0 N–H and O–H groups in total. The van der Waals surface area contributed by atoms with E-state index in [-0.39, 0.29) is 6.54 Å². The molecular formula is C30H28Cl2F3N. The molecule has 0 bridgehead atoms. The van der Waals surface area contributed by atoms with Crippen LogP contribution in [0.2, 0.25) is 10.0 Å². The Balaban J connectivity index is 1.40. The van der Waals surface area contributed by atoms with Crippen molar-refractivity contribution in [2.45, 2.75) is 38.3 Å². The Bertz CT molecular complexity index is 1260. The number of fused-ring (bicyclic) bond motifs is 1. The molecule has 1 nitrogen and oxygen atoms in total. The fourth-order valence-electron chi connectivity index (χ4n) is 5.47. The van der Waals surface area contributed by atoms with Gasteiger partial charge < -0.3 is 4.90 Å². The first kappa shape index (κ1) is 25.4. The third kappa shape index (κ3) is 5.82. The van der Waals surface area contributed by atoms with E-state index >= 15 is 0 Å². The van der Waals surface area contributed by atoms with Gasteiger partial charge in [0.25, 0.3) is 0 Å². The summed E-state index contributed by atoms with van der Waals surface area (Å²) in [5.74, 6) is 0.408. The first-order chi connectivity index (χ1) is 17.3. The molecule has 2 aliphatic rings. The summed E-state index contributed by atoms with van der Waals surface area (Å²) >= 11 is 12.9. The summed E-state index contributed by atoms with van der Waals surface area (Å²) in [6.45, 7) is 1.56. The molecule has 0 spiro atoms. The lowest BCUT2D eigenvalue weighted by Crippen LogP contribution is -2.48. The van der Waals surface area contributed by atoms with Crippen LogP contribution in [0.25, 0.3) is 11.1 Å². The zero-order chi connectivity index (χ0) is 25.3. The first-order valence-corrected chi connectivity index (χ1v) is 13.2. The fourth-order valence-corrected chi connectivity index (χ4v) is 6.00. The van der Waals surface area contributed by atoms with E-state index in [1.807, 2.05) is 17.0 Å². The van der Waals surface area contributed by atoms with Crippen LogP contribution >= 0.6 is 23.2 Å². The van der Waals surface area contributed by atoms with Crippen molar-refractivity contribution in [3.63, 3.8) is 0 Å². The van der Waals surface area contributed by atoms with Crippen molar-refractivity contribution in [2.24, 2.45) is 5.92 Å². The van der Waals surface area contributed by atoms with Crippen LogP contribution in [0.4, 0.5) is 13.2 Å². The second-order valence-electron chi connectivity index (χ2n) is 9.88. The van der Waals surface area contributed by atoms with E-state index in [1.165, 1.54) is 27.8 Å². The Kier molecular flexibility index (Phi) is 7.48. The number of halogens is 5. The van der Waals surface area contributed by atoms with Crippen molar-refractivity contribution in [1.82, 2.24) is 4.90 Å². The van der Waals surface area contributed by atoms with E-state index in [9.17, 15) is 13.2 Å². The number of likely N-dealkylation sites (tertiary alicyclic amines) is 1. The van der Waals surface area contributed by atoms with Crippen molar-refractivity contribution in [1.29, 1.82) is 0 Å². The van der Waals surface area contributed by atoms with Crippen molar-refractivity contribution < 1.29 is 13.2 Å². The number of aryl methyl sites for hydroxylation is 1. The van der Waals surface area contributed by atoms with Gasteiger partial charge >= 0.3 is 6.18 Å². The van der Waals surface area contributed by atoms with Gasteiger partial charge in [0, 0.05) is 29.7 Å². The van der Waals surface area contributed by atoms with Crippen molar-refractivity contribution in [3.8, 4) is 0 Å². The van der Waals surface area contributed by atoms with Crippen LogP contribution < -0.4 is 0 Å². The number of allylic oxidation sites excluding steroid dienone is 1. The van der Waals surface area contributed by atoms with Crippen LogP contribution in [0.15, 0.2) is 66.7 Å². The normalized spacial score (nSPS) is 17.0. The van der Waals surface area contributed by atoms with Gasteiger partial charge in [-0.05, 0) is 82.7 Å². The van der Waals surface area contributed by atoms with Crippen molar-refractivity contribution in [3.05, 3.63) is 105 Å². The molecule has 3 aromatic rings. The number of alkyl halides is 3. The summed E-state index contributed by atoms with van der Waals surface area (Å²) in [6.07, 6.45) is -0.956. The minimum Gasteiger partial charge on any atom is -0.302 e. The van der Waals surface area contributed by atoms with E-state index < -0.39 is 12.6 Å². The Morgan fingerprint density at radius 3 is 2.33 bits per heavy atom. The van der Waals surface area contributed by atoms with E-state index in [4.69, 9.17) is 23.2 Å². The highest BCUT2D eigenvalue weighted by Gasteiger charge is 2.32. The minimum absolute atomic E-state index is 0.0997. The van der Waals surface area contributed by atoms with Gasteiger partial charge in [0.2, 0.25) is 0 Å². The second-order valence-corrected chi connectivity index (χ2v) is 10.7. The average Bonchev–Trinajstić information content (AvgIpc) is 3.00. The van der Waals surface area contributed by atoms with Crippen LogP contribution in [-0.2, 0) is 12.8 Å². The van der Waals surface area contributed by atoms with Gasteiger partial charge in [0.1, 0.15) is 0 Å². The molecule has 36 heavy (non-hydrogen) atoms. The quantitative estimate of drug-likeness (QED) is 0.308. The summed E-state index contributed by atoms with van der Waals surface area (Å²) < 4.78 is 37.4. The van der Waals surface area contributed by atoms with Gasteiger partial charge in [0.05, 0.1) is 6.42 Å². The highest BCUT2D eigenvalue weighted by molar-refractivity contribution is 6.36. The monoisotopic (exact) mass is 529 g/mol. The zero-order valence-corrected chi connectivity index (χ0v) is 21.4. The SMILES string of the molecule is FC(F)(F)CCN1CC(Cc2ccc(C3=C(c4ccc(Cl)cc4Cl)CCCc4ccccc43)cc2)C1. The molecule has 1 heterocycles. The number of benzene rings is 3. The standard InChI is InChI=1S/C30H28Cl2F3N/c31-24-12-13-26(28(32)17-24)27-7-3-5-22-4-1-2-6-25(22)29(27)23-10-8-20(9-11-23)16-21-18-36(19-21)15-14-30(33,34)35/h1-2,4,6,8-13,17,21H,3,5,7,14-16,18-19H2. The van der Waals surface area contributed by atoms with Crippen LogP contribution in [0.5, 0.6) is 0 Å². The van der Waals surface area contributed by atoms with Gasteiger partial charge in [-0.1, -0.05) is 77.8 Å². The van der Waals surface area contributed by atoms with Crippen molar-refractivity contribution >= 4 is 34.3 Å². The molecule has 0 atom stereocenters. The van der Waals surface area contributed by atoms with Crippen LogP contribution in [0.3, 0.4) is 0 Å². The zero-order valence-electron chi connectivity index (χ0n) is 19.9. The Morgan fingerprint density at radius 2 is 1.61 bits per heavy atom. The first-order valence-electron chi connectivity index (χ1n) is 12.4. The molecule has 1 aliphatic carbocycles. The maximum atomic E-state index is 12.5. The largest absolute Gasteiger partial charge is 0.390 e. The molecule has 0 amide bonds. The lowest BCUT2D eigenvalue weighted by Gasteiger charge is -2.39. The smallest absolute Gasteiger partial charge is 0.302 e. The Labute approximate surface area is 220 Å². The molecule has 0 unspecified atom stereocenters. The van der Waals surface area contributed by atoms with Crippen LogP contribution in [-0.4, -0.2) is 30.7 Å². The summed E-state index contributed by atoms with van der Waals surface area (Å²) in [5, 5.41) is 1.28. The van der Waals surface area contributed by atoms with Crippen LogP contribution in [0, 0.1) is 5.92 Å².